The number of halogens is 1. The number of fused-ring (bicyclic) bond motifs is 2. The van der Waals surface area contributed by atoms with Gasteiger partial charge in [-0.1, -0.05) is 60.7 Å². The molecule has 0 saturated carbocycles. The van der Waals surface area contributed by atoms with E-state index in [0.717, 1.165) is 36.7 Å². The van der Waals surface area contributed by atoms with Gasteiger partial charge in [0.1, 0.15) is 72.7 Å². The molecule has 29 nitrogen and oxygen atoms in total. The Morgan fingerprint density at radius 1 is 0.532 bits per heavy atom. The summed E-state index contributed by atoms with van der Waals surface area (Å²) in [7, 11) is 7.36. The summed E-state index contributed by atoms with van der Waals surface area (Å²) in [6.45, 7) is 27.3. The molecule has 1 saturated heterocycles. The second-order valence-electron chi connectivity index (χ2n) is 25.3. The maximum Gasteiger partial charge on any atom is 0.434 e. The van der Waals surface area contributed by atoms with E-state index < -0.39 is 88.7 Å². The Morgan fingerprint density at radius 3 is 1.24 bits per heavy atom. The first-order chi connectivity index (χ1) is 43.1. The molecule has 4 unspecified atom stereocenters. The molecule has 4 aromatic carbocycles. The summed E-state index contributed by atoms with van der Waals surface area (Å²) in [5, 5.41) is 28.8. The number of carbonyl (C=O) groups excluding carboxylic acids is 7. The highest BCUT2D eigenvalue weighted by Crippen LogP contribution is 2.20. The highest BCUT2D eigenvalue weighted by atomic mass is 35.5. The molecule has 1 fully saturated rings. The van der Waals surface area contributed by atoms with Crippen LogP contribution in [0.5, 0.6) is 0 Å². The van der Waals surface area contributed by atoms with Crippen LogP contribution in [-0.4, -0.2) is 208 Å². The fourth-order valence-electron chi connectivity index (χ4n) is 6.51. The lowest BCUT2D eigenvalue weighted by Gasteiger charge is -2.26. The molecule has 30 heteroatoms. The number of ether oxygens (including phenoxy) is 8. The van der Waals surface area contributed by atoms with Gasteiger partial charge in [-0.15, -0.1) is 12.4 Å². The molecular formula is C64H103ClN8O21. The van der Waals surface area contributed by atoms with E-state index in [4.69, 9.17) is 68.2 Å². The third kappa shape index (κ3) is 41.3. The van der Waals surface area contributed by atoms with E-state index in [2.05, 4.69) is 16.1 Å². The Morgan fingerprint density at radius 2 is 0.883 bits per heavy atom. The molecule has 4 atom stereocenters. The summed E-state index contributed by atoms with van der Waals surface area (Å²) in [5.74, 6) is -0.990. The van der Waals surface area contributed by atoms with E-state index >= 15 is 0 Å². The molecule has 5 rings (SSSR count). The van der Waals surface area contributed by atoms with Crippen molar-refractivity contribution in [2.45, 2.75) is 156 Å². The highest BCUT2D eigenvalue weighted by molar-refractivity contribution is 5.96. The van der Waals surface area contributed by atoms with Crippen molar-refractivity contribution in [1.82, 2.24) is 36.8 Å². The van der Waals surface area contributed by atoms with Gasteiger partial charge in [-0.3, -0.25) is 19.4 Å². The van der Waals surface area contributed by atoms with Crippen LogP contribution in [0.15, 0.2) is 84.9 Å². The van der Waals surface area contributed by atoms with Crippen molar-refractivity contribution in [3.05, 3.63) is 96.1 Å². The average Bonchev–Trinajstić information content (AvgIpc) is 1.85. The number of nitrogens with zero attached hydrogens (tertiary/aromatic N) is 3. The Labute approximate surface area is 558 Å². The number of nitrogens with one attached hydrogen (secondary N) is 4. The summed E-state index contributed by atoms with van der Waals surface area (Å²) in [5.41, 5.74) is 7.55. The number of hydroxylamine groups is 8. The van der Waals surface area contributed by atoms with E-state index in [-0.39, 0.29) is 58.0 Å². The number of aliphatic hydroxyl groups is 1. The Bertz CT molecular complexity index is 2920. The summed E-state index contributed by atoms with van der Waals surface area (Å²) in [4.78, 5) is 104. The number of esters is 2. The largest absolute Gasteiger partial charge is 0.455 e. The third-order valence-electron chi connectivity index (χ3n) is 10.7. The van der Waals surface area contributed by atoms with Gasteiger partial charge in [0.15, 0.2) is 0 Å². The van der Waals surface area contributed by atoms with Crippen molar-refractivity contribution in [1.29, 1.82) is 0 Å². The zero-order valence-corrected chi connectivity index (χ0v) is 58.8. The zero-order chi connectivity index (χ0) is 70.9. The first-order valence-electron chi connectivity index (χ1n) is 29.8. The molecule has 5 amide bonds. The van der Waals surface area contributed by atoms with Gasteiger partial charge in [-0.2, -0.15) is 15.2 Å². The summed E-state index contributed by atoms with van der Waals surface area (Å²) >= 11 is 0. The molecule has 0 aliphatic carbocycles. The molecule has 1 aliphatic rings. The van der Waals surface area contributed by atoms with Crippen LogP contribution < -0.4 is 27.3 Å². The third-order valence-corrected chi connectivity index (χ3v) is 10.7. The molecule has 94 heavy (non-hydrogen) atoms. The fraction of sp³-hybridized carbons (Fsp3) is 0.578. The van der Waals surface area contributed by atoms with Crippen LogP contribution in [0.4, 0.5) is 24.0 Å². The smallest absolute Gasteiger partial charge is 0.434 e. The number of benzene rings is 4. The second kappa shape index (κ2) is 42.1. The van der Waals surface area contributed by atoms with Gasteiger partial charge in [0, 0.05) is 48.3 Å². The monoisotopic (exact) mass is 1350 g/mol. The molecule has 532 valence electrons. The van der Waals surface area contributed by atoms with Crippen molar-refractivity contribution >= 4 is 76.4 Å². The minimum atomic E-state index is -0.989. The summed E-state index contributed by atoms with van der Waals surface area (Å²) in [6.07, 6.45) is -5.38. The lowest BCUT2D eigenvalue weighted by Crippen LogP contribution is -2.42. The van der Waals surface area contributed by atoms with Gasteiger partial charge in [0.05, 0.1) is 30.4 Å². The second-order valence-corrected chi connectivity index (χ2v) is 25.3. The van der Waals surface area contributed by atoms with Crippen LogP contribution in [0.3, 0.4) is 0 Å². The van der Waals surface area contributed by atoms with E-state index in [1.807, 2.05) is 87.5 Å². The van der Waals surface area contributed by atoms with Gasteiger partial charge in [-0.05, 0) is 150 Å². The fourth-order valence-corrected chi connectivity index (χ4v) is 6.51. The van der Waals surface area contributed by atoms with E-state index in [1.165, 1.54) is 28.2 Å². The average molecular weight is 1360 g/mol. The molecule has 0 aromatic heterocycles. The number of hydrogen-bond donors (Lipinski definition) is 7. The molecule has 1 heterocycles. The molecule has 0 bridgehead atoms. The quantitative estimate of drug-likeness (QED) is 0.0177. The number of nitrogens with two attached hydrogens (primary N) is 1. The molecule has 0 spiro atoms. The van der Waals surface area contributed by atoms with Crippen LogP contribution >= 0.6 is 12.4 Å². The van der Waals surface area contributed by atoms with E-state index in [0.29, 0.717) is 24.3 Å². The number of aliphatic hydroxyl groups excluding tert-OH is 1. The Balaban J connectivity index is 0.00000126. The van der Waals surface area contributed by atoms with Crippen molar-refractivity contribution in [2.75, 3.05) is 87.9 Å². The van der Waals surface area contributed by atoms with E-state index in [9.17, 15) is 38.7 Å². The maximum absolute atomic E-state index is 12.8. The zero-order valence-electron chi connectivity index (χ0n) is 58.0. The number of rotatable bonds is 21. The van der Waals surface area contributed by atoms with Crippen molar-refractivity contribution < 1.29 is 101 Å². The van der Waals surface area contributed by atoms with Gasteiger partial charge in [0.25, 0.3) is 0 Å². The van der Waals surface area contributed by atoms with Crippen LogP contribution in [-0.2, 0) is 57.2 Å². The SMILES string of the molecule is CN(OCC(CNC(=O)OC(C)(C)C)OC(=O)c1ccc2ccccc2c1)C(=O)OC(C)(C)C.CN(OCC(O)CNC(=O)OC(C)(C)C)C(=O)OC(C)(C)C.CN(OCC1CO1)C(=O)OC(C)(C)C.CNO.CNOCC(CN)OC(=O)c1ccc2ccccc2c1.Cl. The van der Waals surface area contributed by atoms with Crippen LogP contribution in [0, 0.1) is 0 Å². The molecular weight excluding hydrogens is 1250 g/mol. The van der Waals surface area contributed by atoms with Crippen molar-refractivity contribution in [3.8, 4) is 0 Å². The predicted molar refractivity (Wildman–Crippen MR) is 353 cm³/mol. The minimum Gasteiger partial charge on any atom is -0.455 e. The van der Waals surface area contributed by atoms with Gasteiger partial charge < -0.3 is 64.6 Å². The number of amides is 5. The molecule has 0 radical (unpaired) electrons. The topological polar surface area (TPSA) is 358 Å². The highest BCUT2D eigenvalue weighted by Gasteiger charge is 2.28. The first-order valence-corrected chi connectivity index (χ1v) is 29.8. The van der Waals surface area contributed by atoms with Crippen LogP contribution in [0.1, 0.15) is 125 Å². The molecule has 1 aliphatic heterocycles. The minimum absolute atomic E-state index is 0. The summed E-state index contributed by atoms with van der Waals surface area (Å²) < 4.78 is 41.5. The normalized spacial score (nSPS) is 13.5. The Hall–Kier alpha value is -7.42. The number of epoxide rings is 1. The number of hydrogen-bond acceptors (Lipinski definition) is 24. The van der Waals surface area contributed by atoms with Crippen LogP contribution in [0.2, 0.25) is 0 Å². The first kappa shape index (κ1) is 86.6. The lowest BCUT2D eigenvalue weighted by atomic mass is 10.1. The maximum atomic E-state index is 12.8. The number of carbonyl (C=O) groups is 7. The van der Waals surface area contributed by atoms with Gasteiger partial charge >= 0.3 is 42.4 Å². The van der Waals surface area contributed by atoms with Crippen LogP contribution in [0.25, 0.3) is 21.5 Å². The molecule has 4 aromatic rings. The Kier molecular flexibility index (Phi) is 38.8. The lowest BCUT2D eigenvalue weighted by molar-refractivity contribution is -0.150. The predicted octanol–water partition coefficient (Wildman–Crippen LogP) is 9.03. The summed E-state index contributed by atoms with van der Waals surface area (Å²) in [6, 6.07) is 26.1. The standard InChI is InChI=1S/C25H34N2O7.C15H18N2O3.C14H28N2O6.C9H17NO4.CH5NO.ClH/c1-24(2,3)33-22(29)26-15-20(16-31-27(7)23(30)34-25(4,5)6)32-21(28)19-13-12-17-10-8-9-11-18(17)14-19;1-17-19-10-14(9-16)20-15(18)13-7-6-11-4-2-3-5-12(11)8-13;1-13(2,3)21-11(18)15-8-10(17)9-20-16(7)12(19)22-14(4,5)6;1-9(2,3)14-8(11)10(4)13-6-7-5-12-7;1-2-3;/h8-14,20H,15-16H2,1-7H3,(H,26,29);2-8,14,17H,9-10,16H2,1H3;10,17H,8-9H2,1-7H3,(H,15,18);7H,5-6H2,1-4H3;2-3H,1H3;1H. The van der Waals surface area contributed by atoms with Crippen molar-refractivity contribution in [3.63, 3.8) is 0 Å². The van der Waals surface area contributed by atoms with Crippen molar-refractivity contribution in [2.24, 2.45) is 5.73 Å². The molecule has 8 N–H and O–H groups in total. The number of alkyl carbamates (subject to hydrolysis) is 2. The van der Waals surface area contributed by atoms with Gasteiger partial charge in [-0.25, -0.2) is 44.5 Å². The van der Waals surface area contributed by atoms with E-state index in [1.54, 1.807) is 114 Å². The van der Waals surface area contributed by atoms with Gasteiger partial charge in [0.2, 0.25) is 0 Å².